The van der Waals surface area contributed by atoms with E-state index in [1.54, 1.807) is 0 Å². The van der Waals surface area contributed by atoms with Crippen LogP contribution in [0.25, 0.3) is 5.69 Å². The van der Waals surface area contributed by atoms with Crippen LogP contribution in [-0.4, -0.2) is 15.6 Å². The average molecular weight is 429 g/mol. The van der Waals surface area contributed by atoms with Gasteiger partial charge in [-0.05, 0) is 105 Å². The number of ketones is 1. The highest BCUT2D eigenvalue weighted by Crippen LogP contribution is 2.68. The summed E-state index contributed by atoms with van der Waals surface area (Å²) in [5, 5.41) is 5.09. The lowest BCUT2D eigenvalue weighted by molar-refractivity contribution is -0.117. The van der Waals surface area contributed by atoms with Crippen molar-refractivity contribution >= 4 is 5.78 Å². The number of aromatic nitrogens is 2. The Balaban J connectivity index is 1.28. The van der Waals surface area contributed by atoms with Crippen LogP contribution in [0.1, 0.15) is 82.4 Å². The fraction of sp³-hybridized carbons (Fsp3) is 0.586. The van der Waals surface area contributed by atoms with Gasteiger partial charge < -0.3 is 0 Å². The number of carbonyl (C=O) groups excluding carboxylic acids is 1. The van der Waals surface area contributed by atoms with Gasteiger partial charge in [-0.2, -0.15) is 5.10 Å². The molecule has 0 aliphatic heterocycles. The van der Waals surface area contributed by atoms with Gasteiger partial charge in [-0.15, -0.1) is 0 Å². The van der Waals surface area contributed by atoms with Crippen LogP contribution in [0.5, 0.6) is 0 Å². The van der Waals surface area contributed by atoms with Gasteiger partial charge in [0.15, 0.2) is 5.78 Å². The van der Waals surface area contributed by atoms with Crippen molar-refractivity contribution in [2.75, 3.05) is 0 Å². The third-order valence-corrected chi connectivity index (χ3v) is 10.2. The molecule has 1 heterocycles. The SMILES string of the molecule is Cc1ccc(-n2ccc([C@H]3CC[C@H]4[C@@H]5CCC6=CC(=O)CC[C@]6(C)[C@H]5CC[C@]34C)n2)cc1. The van der Waals surface area contributed by atoms with E-state index in [1.165, 1.54) is 48.9 Å². The highest BCUT2D eigenvalue weighted by Gasteiger charge is 2.59. The maximum Gasteiger partial charge on any atom is 0.155 e. The summed E-state index contributed by atoms with van der Waals surface area (Å²) in [5.74, 6) is 3.30. The highest BCUT2D eigenvalue weighted by molar-refractivity contribution is 5.91. The monoisotopic (exact) mass is 428 g/mol. The predicted molar refractivity (Wildman–Crippen MR) is 128 cm³/mol. The molecule has 0 unspecified atom stereocenters. The number of nitrogens with zero attached hydrogens (tertiary/aromatic N) is 2. The van der Waals surface area contributed by atoms with Crippen molar-refractivity contribution in [3.63, 3.8) is 0 Å². The van der Waals surface area contributed by atoms with E-state index in [2.05, 4.69) is 62.0 Å². The minimum atomic E-state index is 0.267. The van der Waals surface area contributed by atoms with Gasteiger partial charge in [0.25, 0.3) is 0 Å². The molecule has 2 aromatic rings. The summed E-state index contributed by atoms with van der Waals surface area (Å²) in [4.78, 5) is 12.1. The topological polar surface area (TPSA) is 34.9 Å². The third kappa shape index (κ3) is 2.92. The van der Waals surface area contributed by atoms with Gasteiger partial charge in [0.2, 0.25) is 0 Å². The number of allylic oxidation sites excluding steroid dienone is 1. The first kappa shape index (κ1) is 20.4. The normalized spacial score (nSPS) is 38.6. The molecule has 0 radical (unpaired) electrons. The Labute approximate surface area is 192 Å². The maximum absolute atomic E-state index is 12.1. The maximum atomic E-state index is 12.1. The number of aryl methyl sites for hydroxylation is 1. The van der Waals surface area contributed by atoms with Crippen molar-refractivity contribution in [2.24, 2.45) is 28.6 Å². The molecule has 32 heavy (non-hydrogen) atoms. The Bertz CT molecular complexity index is 1080. The van der Waals surface area contributed by atoms with Gasteiger partial charge in [-0.3, -0.25) is 4.79 Å². The number of carbonyl (C=O) groups is 1. The zero-order valence-corrected chi connectivity index (χ0v) is 19.8. The smallest absolute Gasteiger partial charge is 0.155 e. The molecule has 6 rings (SSSR count). The van der Waals surface area contributed by atoms with E-state index in [4.69, 9.17) is 5.10 Å². The largest absolute Gasteiger partial charge is 0.295 e. The second kappa shape index (κ2) is 7.17. The van der Waals surface area contributed by atoms with E-state index in [-0.39, 0.29) is 5.41 Å². The molecule has 3 nitrogen and oxygen atoms in total. The first-order valence-corrected chi connectivity index (χ1v) is 12.7. The van der Waals surface area contributed by atoms with Crippen LogP contribution in [0, 0.1) is 35.5 Å². The van der Waals surface area contributed by atoms with Crippen molar-refractivity contribution in [3.8, 4) is 5.69 Å². The average Bonchev–Trinajstić information content (AvgIpc) is 3.39. The number of rotatable bonds is 2. The first-order valence-electron chi connectivity index (χ1n) is 12.7. The van der Waals surface area contributed by atoms with Gasteiger partial charge in [0.05, 0.1) is 11.4 Å². The lowest BCUT2D eigenvalue weighted by atomic mass is 9.47. The molecule has 3 fully saturated rings. The molecular weight excluding hydrogens is 392 g/mol. The summed E-state index contributed by atoms with van der Waals surface area (Å²) in [5.41, 5.74) is 5.82. The molecular formula is C29H36N2O. The Hall–Kier alpha value is -2.16. The molecule has 0 N–H and O–H groups in total. The quantitative estimate of drug-likeness (QED) is 0.527. The Morgan fingerprint density at radius 1 is 0.938 bits per heavy atom. The second-order valence-electron chi connectivity index (χ2n) is 11.7. The molecule has 4 aliphatic carbocycles. The van der Waals surface area contributed by atoms with Gasteiger partial charge in [-0.25, -0.2) is 4.68 Å². The Morgan fingerprint density at radius 2 is 1.75 bits per heavy atom. The molecule has 6 atom stereocenters. The van der Waals surface area contributed by atoms with Crippen LogP contribution >= 0.6 is 0 Å². The van der Waals surface area contributed by atoms with Gasteiger partial charge in [0, 0.05) is 18.5 Å². The summed E-state index contributed by atoms with van der Waals surface area (Å²) in [6.45, 7) is 7.19. The molecule has 0 saturated heterocycles. The van der Waals surface area contributed by atoms with E-state index >= 15 is 0 Å². The standard InChI is InChI=1S/C29H36N2O/c1-19-4-7-21(8-5-19)31-17-14-27(30-31)26-11-10-24-23-9-6-20-18-22(32)12-15-28(20,2)25(23)13-16-29(24,26)3/h4-5,7-8,14,17-18,23-26H,6,9-13,15-16H2,1-3H3/t23-,24-,25-,26+,28-,29-/m0/s1. The summed E-state index contributed by atoms with van der Waals surface area (Å²) >= 11 is 0. The zero-order chi connectivity index (χ0) is 22.1. The van der Waals surface area contributed by atoms with Crippen LogP contribution in [0.15, 0.2) is 48.2 Å². The van der Waals surface area contributed by atoms with Crippen molar-refractivity contribution in [1.29, 1.82) is 0 Å². The van der Waals surface area contributed by atoms with Crippen LogP contribution < -0.4 is 0 Å². The summed E-state index contributed by atoms with van der Waals surface area (Å²) < 4.78 is 2.06. The third-order valence-electron chi connectivity index (χ3n) is 10.2. The van der Waals surface area contributed by atoms with Gasteiger partial charge >= 0.3 is 0 Å². The Morgan fingerprint density at radius 3 is 2.56 bits per heavy atom. The Kier molecular flexibility index (Phi) is 4.58. The summed E-state index contributed by atoms with van der Waals surface area (Å²) in [7, 11) is 0. The van der Waals surface area contributed by atoms with E-state index in [1.807, 2.05) is 6.08 Å². The summed E-state index contributed by atoms with van der Waals surface area (Å²) in [6.07, 6.45) is 13.7. The number of benzene rings is 1. The molecule has 168 valence electrons. The van der Waals surface area contributed by atoms with Crippen LogP contribution in [0.2, 0.25) is 0 Å². The molecule has 3 saturated carbocycles. The van der Waals surface area contributed by atoms with Crippen molar-refractivity contribution in [2.45, 2.75) is 78.1 Å². The lowest BCUT2D eigenvalue weighted by Gasteiger charge is -2.58. The van der Waals surface area contributed by atoms with E-state index in [0.29, 0.717) is 17.1 Å². The molecule has 3 heteroatoms. The van der Waals surface area contributed by atoms with Crippen LogP contribution in [0.4, 0.5) is 0 Å². The summed E-state index contributed by atoms with van der Waals surface area (Å²) in [6, 6.07) is 10.9. The van der Waals surface area contributed by atoms with Crippen molar-refractivity contribution < 1.29 is 4.79 Å². The van der Waals surface area contributed by atoms with E-state index in [0.717, 1.165) is 42.7 Å². The van der Waals surface area contributed by atoms with Crippen LogP contribution in [0.3, 0.4) is 0 Å². The zero-order valence-electron chi connectivity index (χ0n) is 19.8. The molecule has 0 spiro atoms. The lowest BCUT2D eigenvalue weighted by Crippen LogP contribution is -2.50. The van der Waals surface area contributed by atoms with E-state index in [9.17, 15) is 4.79 Å². The van der Waals surface area contributed by atoms with Crippen LogP contribution in [-0.2, 0) is 4.79 Å². The molecule has 1 aromatic carbocycles. The van der Waals surface area contributed by atoms with Crippen molar-refractivity contribution in [1.82, 2.24) is 9.78 Å². The minimum Gasteiger partial charge on any atom is -0.295 e. The predicted octanol–water partition coefficient (Wildman–Crippen LogP) is 6.80. The molecule has 4 aliphatic rings. The highest BCUT2D eigenvalue weighted by atomic mass is 16.1. The van der Waals surface area contributed by atoms with Gasteiger partial charge in [-0.1, -0.05) is 37.1 Å². The van der Waals surface area contributed by atoms with Gasteiger partial charge in [0.1, 0.15) is 0 Å². The van der Waals surface area contributed by atoms with E-state index < -0.39 is 0 Å². The fourth-order valence-corrected chi connectivity index (χ4v) is 8.41. The van der Waals surface area contributed by atoms with Crippen molar-refractivity contribution in [3.05, 3.63) is 59.4 Å². The fourth-order valence-electron chi connectivity index (χ4n) is 8.41. The molecule has 0 amide bonds. The number of fused-ring (bicyclic) bond motifs is 5. The molecule has 1 aromatic heterocycles. The number of hydrogen-bond donors (Lipinski definition) is 0. The number of hydrogen-bond acceptors (Lipinski definition) is 2. The molecule has 0 bridgehead atoms. The first-order chi connectivity index (χ1) is 15.4. The second-order valence-corrected chi connectivity index (χ2v) is 11.7. The minimum absolute atomic E-state index is 0.267.